The van der Waals surface area contributed by atoms with Crippen LogP contribution in [-0.2, 0) is 13.1 Å². The molecule has 0 spiro atoms. The van der Waals surface area contributed by atoms with Crippen LogP contribution in [0.2, 0.25) is 0 Å². The van der Waals surface area contributed by atoms with Crippen molar-refractivity contribution in [1.29, 1.82) is 0 Å². The molecule has 1 heterocycles. The number of amides is 1. The van der Waals surface area contributed by atoms with E-state index in [0.717, 1.165) is 29.9 Å². The summed E-state index contributed by atoms with van der Waals surface area (Å²) in [4.78, 5) is 18.5. The van der Waals surface area contributed by atoms with E-state index in [1.807, 2.05) is 49.1 Å². The third-order valence-electron chi connectivity index (χ3n) is 5.35. The van der Waals surface area contributed by atoms with Crippen molar-refractivity contribution in [1.82, 2.24) is 20.7 Å². The van der Waals surface area contributed by atoms with E-state index in [-0.39, 0.29) is 5.91 Å². The average Bonchev–Trinajstić information content (AvgIpc) is 3.24. The molecule has 1 aromatic carbocycles. The quantitative estimate of drug-likeness (QED) is 0.456. The molecule has 0 bridgehead atoms. The van der Waals surface area contributed by atoms with E-state index in [9.17, 15) is 4.79 Å². The van der Waals surface area contributed by atoms with Crippen LogP contribution in [0.1, 0.15) is 73.8 Å². The molecule has 0 saturated heterocycles. The third-order valence-corrected chi connectivity index (χ3v) is 5.35. The topological polar surface area (TPSA) is 82.8 Å². The summed E-state index contributed by atoms with van der Waals surface area (Å²) in [5, 5.41) is 10.7. The Bertz CT molecular complexity index is 805. The molecule has 0 atom stereocenters. The van der Waals surface area contributed by atoms with E-state index in [0.29, 0.717) is 43.6 Å². The first-order chi connectivity index (χ1) is 14.6. The first-order valence-electron chi connectivity index (χ1n) is 10.8. The van der Waals surface area contributed by atoms with Gasteiger partial charge in [-0.25, -0.2) is 0 Å². The summed E-state index contributed by atoms with van der Waals surface area (Å²) >= 11 is 0. The van der Waals surface area contributed by atoms with Crippen LogP contribution in [-0.4, -0.2) is 42.1 Å². The number of nitrogens with one attached hydrogen (secondary N) is 2. The normalized spacial score (nSPS) is 11.6. The number of aliphatic imine (C=N–C) groups is 1. The highest BCUT2D eigenvalue weighted by Crippen LogP contribution is 2.22. The van der Waals surface area contributed by atoms with Crippen molar-refractivity contribution in [3.8, 4) is 0 Å². The summed E-state index contributed by atoms with van der Waals surface area (Å²) in [5.41, 5.74) is 2.80. The zero-order chi connectivity index (χ0) is 21.9. The van der Waals surface area contributed by atoms with Crippen molar-refractivity contribution < 1.29 is 9.32 Å². The van der Waals surface area contributed by atoms with Gasteiger partial charge in [-0.3, -0.25) is 9.79 Å². The molecular weight excluding hydrogens is 378 g/mol. The van der Waals surface area contributed by atoms with Gasteiger partial charge in [-0.1, -0.05) is 31.1 Å². The second-order valence-corrected chi connectivity index (χ2v) is 7.19. The van der Waals surface area contributed by atoms with Crippen LogP contribution in [0.5, 0.6) is 0 Å². The Morgan fingerprint density at radius 1 is 1.07 bits per heavy atom. The van der Waals surface area contributed by atoms with Gasteiger partial charge in [0.05, 0.1) is 12.2 Å². The number of hydrogen-bond donors (Lipinski definition) is 2. The number of aromatic nitrogens is 1. The maximum absolute atomic E-state index is 12.4. The summed E-state index contributed by atoms with van der Waals surface area (Å²) in [6, 6.07) is 9.71. The van der Waals surface area contributed by atoms with Crippen molar-refractivity contribution in [2.24, 2.45) is 4.99 Å². The lowest BCUT2D eigenvalue weighted by atomic mass is 9.99. The van der Waals surface area contributed by atoms with Gasteiger partial charge in [0.2, 0.25) is 0 Å². The Hall–Kier alpha value is -2.83. The molecule has 7 heteroatoms. The van der Waals surface area contributed by atoms with E-state index in [1.54, 1.807) is 7.05 Å². The van der Waals surface area contributed by atoms with Crippen LogP contribution in [0.15, 0.2) is 39.8 Å². The van der Waals surface area contributed by atoms with Crippen LogP contribution < -0.4 is 10.6 Å². The maximum Gasteiger partial charge on any atom is 0.253 e. The van der Waals surface area contributed by atoms with Crippen molar-refractivity contribution in [3.63, 3.8) is 0 Å². The highest BCUT2D eigenvalue weighted by molar-refractivity contribution is 5.94. The van der Waals surface area contributed by atoms with Crippen molar-refractivity contribution in [3.05, 3.63) is 52.9 Å². The Morgan fingerprint density at radius 3 is 2.27 bits per heavy atom. The highest BCUT2D eigenvalue weighted by atomic mass is 16.5. The van der Waals surface area contributed by atoms with Crippen molar-refractivity contribution in [2.45, 2.75) is 59.5 Å². The minimum atomic E-state index is 0.0665. The van der Waals surface area contributed by atoms with Gasteiger partial charge >= 0.3 is 0 Å². The minimum Gasteiger partial charge on any atom is -0.359 e. The number of hydrogen-bond acceptors (Lipinski definition) is 4. The SMILES string of the molecule is CCC(CC)c1cc(CNC(=NC)NCc2ccc(C(=O)N(CC)CC)cc2)on1. The molecule has 0 aliphatic carbocycles. The Morgan fingerprint density at radius 2 is 1.70 bits per heavy atom. The molecule has 30 heavy (non-hydrogen) atoms. The van der Waals surface area contributed by atoms with Gasteiger partial charge in [0.15, 0.2) is 11.7 Å². The summed E-state index contributed by atoms with van der Waals surface area (Å²) in [7, 11) is 1.73. The zero-order valence-corrected chi connectivity index (χ0v) is 18.9. The van der Waals surface area contributed by atoms with Gasteiger partial charge in [-0.2, -0.15) is 0 Å². The van der Waals surface area contributed by atoms with E-state index < -0.39 is 0 Å². The first kappa shape index (κ1) is 23.4. The summed E-state index contributed by atoms with van der Waals surface area (Å²) in [6.07, 6.45) is 2.11. The number of benzene rings is 1. The molecule has 164 valence electrons. The molecule has 2 aromatic rings. The van der Waals surface area contributed by atoms with E-state index >= 15 is 0 Å². The van der Waals surface area contributed by atoms with Gasteiger partial charge in [-0.05, 0) is 44.4 Å². The fourth-order valence-electron chi connectivity index (χ4n) is 3.35. The minimum absolute atomic E-state index is 0.0665. The van der Waals surface area contributed by atoms with Crippen LogP contribution in [0, 0.1) is 0 Å². The predicted octanol–water partition coefficient (Wildman–Crippen LogP) is 3.93. The maximum atomic E-state index is 12.4. The molecule has 2 N–H and O–H groups in total. The van der Waals surface area contributed by atoms with E-state index in [2.05, 4.69) is 34.6 Å². The molecule has 0 saturated carbocycles. The fourth-order valence-corrected chi connectivity index (χ4v) is 3.35. The van der Waals surface area contributed by atoms with Crippen LogP contribution >= 0.6 is 0 Å². The van der Waals surface area contributed by atoms with Gasteiger partial charge in [0, 0.05) is 44.2 Å². The summed E-state index contributed by atoms with van der Waals surface area (Å²) in [5.74, 6) is 1.98. The van der Waals surface area contributed by atoms with E-state index in [1.165, 1.54) is 0 Å². The second kappa shape index (κ2) is 12.0. The van der Waals surface area contributed by atoms with Crippen molar-refractivity contribution in [2.75, 3.05) is 20.1 Å². The fraction of sp³-hybridized carbons (Fsp3) is 0.522. The second-order valence-electron chi connectivity index (χ2n) is 7.19. The Kier molecular flexibility index (Phi) is 9.38. The summed E-state index contributed by atoms with van der Waals surface area (Å²) in [6.45, 7) is 10.9. The lowest BCUT2D eigenvalue weighted by Crippen LogP contribution is -2.36. The molecule has 2 rings (SSSR count). The molecule has 0 aliphatic rings. The average molecular weight is 414 g/mol. The molecule has 1 amide bonds. The summed E-state index contributed by atoms with van der Waals surface area (Å²) < 4.78 is 5.45. The van der Waals surface area contributed by atoms with Gasteiger partial charge in [0.1, 0.15) is 0 Å². The smallest absolute Gasteiger partial charge is 0.253 e. The van der Waals surface area contributed by atoms with Crippen LogP contribution in [0.4, 0.5) is 0 Å². The van der Waals surface area contributed by atoms with Crippen LogP contribution in [0.3, 0.4) is 0 Å². The van der Waals surface area contributed by atoms with Gasteiger partial charge in [-0.15, -0.1) is 0 Å². The molecule has 0 radical (unpaired) electrons. The number of carbonyl (C=O) groups excluding carboxylic acids is 1. The number of carbonyl (C=O) groups is 1. The molecule has 7 nitrogen and oxygen atoms in total. The largest absolute Gasteiger partial charge is 0.359 e. The zero-order valence-electron chi connectivity index (χ0n) is 18.9. The predicted molar refractivity (Wildman–Crippen MR) is 121 cm³/mol. The first-order valence-corrected chi connectivity index (χ1v) is 10.8. The monoisotopic (exact) mass is 413 g/mol. The van der Waals surface area contributed by atoms with Gasteiger partial charge < -0.3 is 20.1 Å². The molecule has 0 aliphatic heterocycles. The molecule has 0 fully saturated rings. The Balaban J connectivity index is 1.86. The molecule has 1 aromatic heterocycles. The number of nitrogens with zero attached hydrogens (tertiary/aromatic N) is 3. The standard InChI is InChI=1S/C23H35N5O2/c1-6-18(7-2)21-14-20(30-27-21)16-26-23(24-5)25-15-17-10-12-19(13-11-17)22(29)28(8-3)9-4/h10-14,18H,6-9,15-16H2,1-5H3,(H2,24,25,26). The van der Waals surface area contributed by atoms with Crippen molar-refractivity contribution >= 4 is 11.9 Å². The Labute approximate surface area is 179 Å². The molecule has 0 unspecified atom stereocenters. The van der Waals surface area contributed by atoms with Crippen LogP contribution in [0.25, 0.3) is 0 Å². The molecular formula is C23H35N5O2. The van der Waals surface area contributed by atoms with Gasteiger partial charge in [0.25, 0.3) is 5.91 Å². The third kappa shape index (κ3) is 6.34. The lowest BCUT2D eigenvalue weighted by molar-refractivity contribution is 0.0773. The number of rotatable bonds is 10. The highest BCUT2D eigenvalue weighted by Gasteiger charge is 2.14. The van der Waals surface area contributed by atoms with E-state index in [4.69, 9.17) is 4.52 Å². The number of guanidine groups is 1. The lowest BCUT2D eigenvalue weighted by Gasteiger charge is -2.18.